The van der Waals surface area contributed by atoms with Gasteiger partial charge in [0.25, 0.3) is 0 Å². The highest BCUT2D eigenvalue weighted by Gasteiger charge is 2.24. The van der Waals surface area contributed by atoms with Crippen molar-refractivity contribution in [3.8, 4) is 0 Å². The zero-order valence-electron chi connectivity index (χ0n) is 12.5. The maximum Gasteiger partial charge on any atom is 0.161 e. The first-order valence-corrected chi connectivity index (χ1v) is 10.9. The van der Waals surface area contributed by atoms with Crippen LogP contribution in [0.25, 0.3) is 5.57 Å². The van der Waals surface area contributed by atoms with E-state index in [1.54, 1.807) is 22.7 Å². The van der Waals surface area contributed by atoms with E-state index in [1.807, 2.05) is 0 Å². The molecule has 126 valence electrons. The van der Waals surface area contributed by atoms with E-state index in [4.69, 9.17) is 0 Å². The fraction of sp³-hybridized carbons (Fsp3) is 0.333. The number of hydrogen-bond acceptors (Lipinski definition) is 5. The SMILES string of the molecule is O=S1(=O)CC[NH+](NCC=C(c2ccsc2)c2ccsc2)CC1.[Cl-]. The van der Waals surface area contributed by atoms with E-state index < -0.39 is 9.84 Å². The van der Waals surface area contributed by atoms with Gasteiger partial charge in [0.1, 0.15) is 24.6 Å². The summed E-state index contributed by atoms with van der Waals surface area (Å²) in [6, 6.07) is 4.27. The molecule has 0 radical (unpaired) electrons. The molecule has 2 aromatic rings. The van der Waals surface area contributed by atoms with E-state index in [2.05, 4.69) is 45.2 Å². The monoisotopic (exact) mass is 390 g/mol. The van der Waals surface area contributed by atoms with Crippen molar-refractivity contribution >= 4 is 38.1 Å². The van der Waals surface area contributed by atoms with Crippen LogP contribution in [0.5, 0.6) is 0 Å². The third-order valence-electron chi connectivity index (χ3n) is 3.75. The van der Waals surface area contributed by atoms with Crippen molar-refractivity contribution in [2.24, 2.45) is 0 Å². The third kappa shape index (κ3) is 5.14. The molecule has 8 heteroatoms. The Morgan fingerprint density at radius 1 is 1.13 bits per heavy atom. The van der Waals surface area contributed by atoms with E-state index in [9.17, 15) is 8.42 Å². The van der Waals surface area contributed by atoms with Crippen molar-refractivity contribution in [1.82, 2.24) is 5.43 Å². The fourth-order valence-electron chi connectivity index (χ4n) is 2.50. The van der Waals surface area contributed by atoms with Crippen LogP contribution in [0.4, 0.5) is 0 Å². The number of rotatable bonds is 5. The molecule has 0 atom stereocenters. The van der Waals surface area contributed by atoms with Crippen LogP contribution in [0.1, 0.15) is 11.1 Å². The first-order valence-electron chi connectivity index (χ1n) is 7.18. The van der Waals surface area contributed by atoms with E-state index in [1.165, 1.54) is 16.7 Å². The van der Waals surface area contributed by atoms with E-state index in [0.717, 1.165) is 11.6 Å². The molecule has 3 heterocycles. The summed E-state index contributed by atoms with van der Waals surface area (Å²) in [5.74, 6) is 0.557. The van der Waals surface area contributed by atoms with Crippen LogP contribution in [0.3, 0.4) is 0 Å². The Kier molecular flexibility index (Phi) is 6.82. The summed E-state index contributed by atoms with van der Waals surface area (Å²) in [4.78, 5) is 0. The Hall–Kier alpha value is -0.700. The summed E-state index contributed by atoms with van der Waals surface area (Å²) in [7, 11) is -2.80. The molecular weight excluding hydrogens is 372 g/mol. The van der Waals surface area contributed by atoms with Gasteiger partial charge in [-0.2, -0.15) is 28.1 Å². The summed E-state index contributed by atoms with van der Waals surface area (Å²) >= 11 is 3.39. The van der Waals surface area contributed by atoms with Gasteiger partial charge in [-0.1, -0.05) is 6.08 Å². The summed E-state index contributed by atoms with van der Waals surface area (Å²) in [6.07, 6.45) is 2.19. The van der Waals surface area contributed by atoms with Gasteiger partial charge in [0.2, 0.25) is 0 Å². The largest absolute Gasteiger partial charge is 1.00 e. The van der Waals surface area contributed by atoms with Gasteiger partial charge in [0.15, 0.2) is 9.84 Å². The minimum absolute atomic E-state index is 0. The number of sulfone groups is 1. The van der Waals surface area contributed by atoms with Crippen LogP contribution in [0.2, 0.25) is 0 Å². The minimum Gasteiger partial charge on any atom is -1.00 e. The quantitative estimate of drug-likeness (QED) is 0.625. The second-order valence-electron chi connectivity index (χ2n) is 5.28. The van der Waals surface area contributed by atoms with Crippen molar-refractivity contribution in [3.63, 3.8) is 0 Å². The summed E-state index contributed by atoms with van der Waals surface area (Å²) in [6.45, 7) is 2.02. The van der Waals surface area contributed by atoms with Gasteiger partial charge in [0, 0.05) is 0 Å². The molecule has 1 saturated heterocycles. The third-order valence-corrected chi connectivity index (χ3v) is 6.77. The molecule has 23 heavy (non-hydrogen) atoms. The smallest absolute Gasteiger partial charge is 0.161 e. The molecule has 3 rings (SSSR count). The summed E-state index contributed by atoms with van der Waals surface area (Å²) in [5, 5.41) is 9.64. The van der Waals surface area contributed by atoms with Crippen molar-refractivity contribution in [2.45, 2.75) is 0 Å². The maximum absolute atomic E-state index is 11.4. The Morgan fingerprint density at radius 3 is 2.17 bits per heavy atom. The normalized spacial score (nSPS) is 17.4. The van der Waals surface area contributed by atoms with Crippen molar-refractivity contribution in [3.05, 3.63) is 50.9 Å². The van der Waals surface area contributed by atoms with Gasteiger partial charge in [-0.25, -0.2) is 8.42 Å². The van der Waals surface area contributed by atoms with Crippen LogP contribution >= 0.6 is 22.7 Å². The number of quaternary nitrogens is 1. The molecule has 0 aromatic carbocycles. The highest BCUT2D eigenvalue weighted by molar-refractivity contribution is 7.91. The fourth-order valence-corrected chi connectivity index (χ4v) is 5.13. The van der Waals surface area contributed by atoms with Gasteiger partial charge in [-0.05, 0) is 50.4 Å². The number of thiophene rings is 2. The Bertz CT molecular complexity index is 675. The molecule has 1 fully saturated rings. The first kappa shape index (κ1) is 18.6. The molecule has 2 N–H and O–H groups in total. The number of hydrogen-bond donors (Lipinski definition) is 2. The lowest BCUT2D eigenvalue weighted by Crippen LogP contribution is -3.20. The van der Waals surface area contributed by atoms with Crippen molar-refractivity contribution in [1.29, 1.82) is 0 Å². The van der Waals surface area contributed by atoms with Crippen LogP contribution in [-0.2, 0) is 9.84 Å². The summed E-state index contributed by atoms with van der Waals surface area (Å²) in [5.41, 5.74) is 7.11. The first-order chi connectivity index (χ1) is 10.6. The van der Waals surface area contributed by atoms with Gasteiger partial charge in [-0.3, -0.25) is 5.01 Å². The van der Waals surface area contributed by atoms with E-state index >= 15 is 0 Å². The number of halogens is 1. The molecular formula is C15H19ClN2O2S3. The molecule has 1 aliphatic rings. The molecule has 0 aliphatic carbocycles. The summed E-state index contributed by atoms with van der Waals surface area (Å²) < 4.78 is 22.9. The minimum atomic E-state index is -2.80. The van der Waals surface area contributed by atoms with Crippen LogP contribution in [-0.4, -0.2) is 39.6 Å². The van der Waals surface area contributed by atoms with Gasteiger partial charge >= 0.3 is 0 Å². The Labute approximate surface area is 151 Å². The van der Waals surface area contributed by atoms with Crippen LogP contribution < -0.4 is 22.8 Å². The van der Waals surface area contributed by atoms with Crippen LogP contribution in [0, 0.1) is 0 Å². The van der Waals surface area contributed by atoms with Crippen LogP contribution in [0.15, 0.2) is 39.7 Å². The zero-order valence-corrected chi connectivity index (χ0v) is 15.7. The standard InChI is InChI=1S/C15H18N2O2S3.ClH/c18-22(19)9-5-17(6-10-22)16-4-1-15(13-2-7-20-11-13)14-3-8-21-12-14;/h1-3,7-8,11-12,16H,4-6,9-10H2;1H. The van der Waals surface area contributed by atoms with Gasteiger partial charge < -0.3 is 12.4 Å². The topological polar surface area (TPSA) is 50.6 Å². The average Bonchev–Trinajstić information content (AvgIpc) is 3.19. The average molecular weight is 391 g/mol. The number of nitrogens with one attached hydrogen (secondary N) is 2. The molecule has 0 spiro atoms. The zero-order chi connectivity index (χ0) is 15.4. The second kappa shape index (κ2) is 8.41. The predicted octanol–water partition coefficient (Wildman–Crippen LogP) is -1.94. The Balaban J connectivity index is 0.00000192. The van der Waals surface area contributed by atoms with Crippen molar-refractivity contribution in [2.75, 3.05) is 31.1 Å². The lowest BCUT2D eigenvalue weighted by atomic mass is 10.0. The highest BCUT2D eigenvalue weighted by atomic mass is 35.5. The molecule has 0 saturated carbocycles. The molecule has 1 aliphatic heterocycles. The lowest BCUT2D eigenvalue weighted by molar-refractivity contribution is -0.941. The second-order valence-corrected chi connectivity index (χ2v) is 9.14. The molecule has 2 aromatic heterocycles. The molecule has 4 nitrogen and oxygen atoms in total. The van der Waals surface area contributed by atoms with Gasteiger partial charge in [0.05, 0.1) is 6.54 Å². The maximum atomic E-state index is 11.4. The highest BCUT2D eigenvalue weighted by Crippen LogP contribution is 2.26. The predicted molar refractivity (Wildman–Crippen MR) is 93.1 cm³/mol. The van der Waals surface area contributed by atoms with Crippen molar-refractivity contribution < 1.29 is 25.8 Å². The van der Waals surface area contributed by atoms with E-state index in [-0.39, 0.29) is 23.9 Å². The molecule has 0 unspecified atom stereocenters. The molecule has 0 bridgehead atoms. The Morgan fingerprint density at radius 2 is 1.70 bits per heavy atom. The lowest BCUT2D eigenvalue weighted by Gasteiger charge is -2.23. The molecule has 0 amide bonds. The van der Waals surface area contributed by atoms with Gasteiger partial charge in [-0.15, -0.1) is 0 Å². The van der Waals surface area contributed by atoms with E-state index in [0.29, 0.717) is 13.1 Å².